The van der Waals surface area contributed by atoms with Gasteiger partial charge in [0.1, 0.15) is 0 Å². The zero-order valence-corrected chi connectivity index (χ0v) is 11.8. The van der Waals surface area contributed by atoms with Crippen LogP contribution in [0.4, 0.5) is 0 Å². The second kappa shape index (κ2) is 5.74. The van der Waals surface area contributed by atoms with Crippen molar-refractivity contribution in [2.45, 2.75) is 30.3 Å². The van der Waals surface area contributed by atoms with Crippen LogP contribution in [0.25, 0.3) is 0 Å². The van der Waals surface area contributed by atoms with Crippen molar-refractivity contribution < 1.29 is 8.42 Å². The molecule has 1 saturated carbocycles. The summed E-state index contributed by atoms with van der Waals surface area (Å²) in [5.74, 6) is 2.34. The normalized spacial score (nSPS) is 15.4. The average Bonchev–Trinajstić information content (AvgIpc) is 3.21. The van der Waals surface area contributed by atoms with Crippen molar-refractivity contribution in [2.75, 3.05) is 13.6 Å². The number of hydrogen-bond acceptors (Lipinski definition) is 3. The first-order valence-corrected chi connectivity index (χ1v) is 7.70. The molecule has 0 atom stereocenters. The molecule has 5 heteroatoms. The van der Waals surface area contributed by atoms with E-state index in [1.807, 2.05) is 6.07 Å². The van der Waals surface area contributed by atoms with Gasteiger partial charge in [0.05, 0.1) is 11.4 Å². The van der Waals surface area contributed by atoms with Gasteiger partial charge in [-0.05, 0) is 30.5 Å². The van der Waals surface area contributed by atoms with Gasteiger partial charge in [0, 0.05) is 19.6 Å². The van der Waals surface area contributed by atoms with E-state index in [0.29, 0.717) is 17.5 Å². The molecule has 0 heterocycles. The van der Waals surface area contributed by atoms with Crippen LogP contribution in [0, 0.1) is 12.3 Å². The van der Waals surface area contributed by atoms with Crippen LogP contribution in [0.5, 0.6) is 0 Å². The van der Waals surface area contributed by atoms with E-state index >= 15 is 0 Å². The molecular formula is C14H18N2O2S. The Kier molecular flexibility index (Phi) is 4.25. The van der Waals surface area contributed by atoms with Crippen molar-refractivity contribution in [3.63, 3.8) is 0 Å². The molecule has 102 valence electrons. The molecule has 0 bridgehead atoms. The zero-order chi connectivity index (χ0) is 13.9. The number of sulfonamides is 1. The summed E-state index contributed by atoms with van der Waals surface area (Å²) in [5, 5.41) is 3.37. The summed E-state index contributed by atoms with van der Waals surface area (Å²) in [6.07, 6.45) is 7.58. The topological polar surface area (TPSA) is 49.4 Å². The number of rotatable bonds is 6. The summed E-state index contributed by atoms with van der Waals surface area (Å²) in [5.41, 5.74) is 0.974. The lowest BCUT2D eigenvalue weighted by Gasteiger charge is -2.15. The van der Waals surface area contributed by atoms with Gasteiger partial charge in [-0.25, -0.2) is 8.42 Å². The summed E-state index contributed by atoms with van der Waals surface area (Å²) in [4.78, 5) is 0.292. The Morgan fingerprint density at radius 3 is 2.84 bits per heavy atom. The van der Waals surface area contributed by atoms with Crippen LogP contribution in [0.3, 0.4) is 0 Å². The summed E-state index contributed by atoms with van der Waals surface area (Å²) in [6, 6.07) is 7.60. The second-order valence-electron chi connectivity index (χ2n) is 4.77. The molecule has 1 aliphatic carbocycles. The summed E-state index contributed by atoms with van der Waals surface area (Å²) in [7, 11) is -1.99. The summed E-state index contributed by atoms with van der Waals surface area (Å²) in [6.45, 7) is 0.778. The molecule has 1 aromatic carbocycles. The molecule has 0 amide bonds. The van der Waals surface area contributed by atoms with Gasteiger partial charge in [-0.1, -0.05) is 18.1 Å². The minimum Gasteiger partial charge on any atom is -0.310 e. The molecule has 0 unspecified atom stereocenters. The maximum Gasteiger partial charge on any atom is 0.243 e. The third-order valence-electron chi connectivity index (χ3n) is 3.09. The van der Waals surface area contributed by atoms with Gasteiger partial charge in [0.15, 0.2) is 0 Å². The van der Waals surface area contributed by atoms with Gasteiger partial charge < -0.3 is 5.32 Å². The molecule has 4 nitrogen and oxygen atoms in total. The number of hydrogen-bond donors (Lipinski definition) is 1. The van der Waals surface area contributed by atoms with Gasteiger partial charge in [-0.2, -0.15) is 4.31 Å². The molecule has 0 radical (unpaired) electrons. The van der Waals surface area contributed by atoms with Crippen molar-refractivity contribution in [3.05, 3.63) is 29.8 Å². The van der Waals surface area contributed by atoms with E-state index in [-0.39, 0.29) is 6.54 Å². The third kappa shape index (κ3) is 3.57. The molecule has 19 heavy (non-hydrogen) atoms. The van der Waals surface area contributed by atoms with Crippen LogP contribution in [0.1, 0.15) is 18.4 Å². The highest BCUT2D eigenvalue weighted by atomic mass is 32.2. The van der Waals surface area contributed by atoms with E-state index < -0.39 is 10.0 Å². The van der Waals surface area contributed by atoms with Crippen molar-refractivity contribution >= 4 is 10.0 Å². The van der Waals surface area contributed by atoms with Crippen LogP contribution in [-0.2, 0) is 16.6 Å². The van der Waals surface area contributed by atoms with Gasteiger partial charge in [0.25, 0.3) is 0 Å². The smallest absolute Gasteiger partial charge is 0.243 e. The predicted molar refractivity (Wildman–Crippen MR) is 75.0 cm³/mol. The van der Waals surface area contributed by atoms with E-state index in [2.05, 4.69) is 11.2 Å². The van der Waals surface area contributed by atoms with Crippen molar-refractivity contribution in [2.24, 2.45) is 0 Å². The monoisotopic (exact) mass is 278 g/mol. The Morgan fingerprint density at radius 1 is 1.47 bits per heavy atom. The summed E-state index contributed by atoms with van der Waals surface area (Å²) < 4.78 is 25.7. The molecule has 0 spiro atoms. The number of benzene rings is 1. The standard InChI is InChI=1S/C14H18N2O2S/c1-3-9-16(2)19(17,18)14-6-4-5-12(10-14)11-15-13-7-8-13/h1,4-6,10,13,15H,7-9,11H2,2H3. The first-order valence-electron chi connectivity index (χ1n) is 6.26. The quantitative estimate of drug-likeness (QED) is 0.795. The summed E-state index contributed by atoms with van der Waals surface area (Å²) >= 11 is 0. The Hall–Kier alpha value is -1.35. The maximum absolute atomic E-state index is 12.2. The largest absolute Gasteiger partial charge is 0.310 e. The molecular weight excluding hydrogens is 260 g/mol. The Labute approximate surface area is 114 Å². The maximum atomic E-state index is 12.2. The molecule has 0 saturated heterocycles. The number of terminal acetylenes is 1. The van der Waals surface area contributed by atoms with Crippen LogP contribution in [0.2, 0.25) is 0 Å². The van der Waals surface area contributed by atoms with Gasteiger partial charge in [-0.3, -0.25) is 0 Å². The van der Waals surface area contributed by atoms with Crippen LogP contribution in [-0.4, -0.2) is 32.4 Å². The van der Waals surface area contributed by atoms with E-state index in [1.165, 1.54) is 24.2 Å². The van der Waals surface area contributed by atoms with Crippen LogP contribution in [0.15, 0.2) is 29.2 Å². The lowest BCUT2D eigenvalue weighted by molar-refractivity contribution is 0.503. The fraction of sp³-hybridized carbons (Fsp3) is 0.429. The van der Waals surface area contributed by atoms with E-state index in [9.17, 15) is 8.42 Å². The molecule has 2 rings (SSSR count). The van der Waals surface area contributed by atoms with Crippen molar-refractivity contribution in [1.29, 1.82) is 0 Å². The SMILES string of the molecule is C#CCN(C)S(=O)(=O)c1cccc(CNC2CC2)c1. The second-order valence-corrected chi connectivity index (χ2v) is 6.81. The lowest BCUT2D eigenvalue weighted by atomic mass is 10.2. The van der Waals surface area contributed by atoms with Crippen LogP contribution >= 0.6 is 0 Å². The lowest BCUT2D eigenvalue weighted by Crippen LogP contribution is -2.27. The van der Waals surface area contributed by atoms with E-state index in [4.69, 9.17) is 6.42 Å². The highest BCUT2D eigenvalue weighted by Gasteiger charge is 2.22. The van der Waals surface area contributed by atoms with Gasteiger partial charge in [-0.15, -0.1) is 6.42 Å². The molecule has 1 aromatic rings. The molecule has 0 aromatic heterocycles. The molecule has 1 aliphatic rings. The molecule has 1 N–H and O–H groups in total. The van der Waals surface area contributed by atoms with Crippen molar-refractivity contribution in [1.82, 2.24) is 9.62 Å². The fourth-order valence-corrected chi connectivity index (χ4v) is 2.91. The minimum atomic E-state index is -3.48. The molecule has 1 fully saturated rings. The van der Waals surface area contributed by atoms with Gasteiger partial charge in [0.2, 0.25) is 10.0 Å². The fourth-order valence-electron chi connectivity index (χ4n) is 1.76. The average molecular weight is 278 g/mol. The molecule has 0 aliphatic heterocycles. The third-order valence-corrected chi connectivity index (χ3v) is 4.89. The number of nitrogens with zero attached hydrogens (tertiary/aromatic N) is 1. The Balaban J connectivity index is 2.14. The highest BCUT2D eigenvalue weighted by molar-refractivity contribution is 7.89. The first kappa shape index (κ1) is 14.1. The van der Waals surface area contributed by atoms with E-state index in [1.54, 1.807) is 18.2 Å². The van der Waals surface area contributed by atoms with E-state index in [0.717, 1.165) is 5.56 Å². The zero-order valence-electron chi connectivity index (χ0n) is 11.0. The predicted octanol–water partition coefficient (Wildman–Crippen LogP) is 1.19. The van der Waals surface area contributed by atoms with Crippen LogP contribution < -0.4 is 5.32 Å². The minimum absolute atomic E-state index is 0.0763. The Morgan fingerprint density at radius 2 is 2.21 bits per heavy atom. The first-order chi connectivity index (χ1) is 9.04. The number of nitrogens with one attached hydrogen (secondary N) is 1. The highest BCUT2D eigenvalue weighted by Crippen LogP contribution is 2.20. The van der Waals surface area contributed by atoms with Gasteiger partial charge >= 0.3 is 0 Å². The Bertz CT molecular complexity index is 586. The van der Waals surface area contributed by atoms with Crippen molar-refractivity contribution in [3.8, 4) is 12.3 Å².